The molecular formula is C9H10BrFO. The van der Waals surface area contributed by atoms with E-state index in [-0.39, 0.29) is 5.82 Å². The van der Waals surface area contributed by atoms with Crippen molar-refractivity contribution in [3.05, 3.63) is 29.6 Å². The van der Waals surface area contributed by atoms with Crippen LogP contribution in [-0.2, 0) is 6.42 Å². The zero-order chi connectivity index (χ0) is 8.97. The fourth-order valence-corrected chi connectivity index (χ4v) is 1.46. The topological polar surface area (TPSA) is 9.23 Å². The van der Waals surface area contributed by atoms with Gasteiger partial charge in [0.1, 0.15) is 11.6 Å². The van der Waals surface area contributed by atoms with Gasteiger partial charge in [0, 0.05) is 10.9 Å². The maximum absolute atomic E-state index is 13.1. The van der Waals surface area contributed by atoms with Gasteiger partial charge in [-0.2, -0.15) is 0 Å². The molecule has 0 aromatic heterocycles. The summed E-state index contributed by atoms with van der Waals surface area (Å²) in [4.78, 5) is 0. The SMILES string of the molecule is COc1cccc(F)c1CCBr. The Kier molecular flexibility index (Phi) is 3.53. The largest absolute Gasteiger partial charge is 0.496 e. The number of benzene rings is 1. The molecule has 0 aliphatic carbocycles. The van der Waals surface area contributed by atoms with Gasteiger partial charge in [0.05, 0.1) is 7.11 Å². The number of methoxy groups -OCH3 is 1. The molecule has 1 nitrogen and oxygen atoms in total. The highest BCUT2D eigenvalue weighted by Crippen LogP contribution is 2.21. The van der Waals surface area contributed by atoms with Crippen molar-refractivity contribution in [2.45, 2.75) is 6.42 Å². The number of rotatable bonds is 3. The van der Waals surface area contributed by atoms with Gasteiger partial charge in [-0.15, -0.1) is 0 Å². The molecule has 12 heavy (non-hydrogen) atoms. The third kappa shape index (κ3) is 1.97. The van der Waals surface area contributed by atoms with Gasteiger partial charge in [0.2, 0.25) is 0 Å². The smallest absolute Gasteiger partial charge is 0.130 e. The Bertz CT molecular complexity index is 263. The third-order valence-electron chi connectivity index (χ3n) is 1.64. The van der Waals surface area contributed by atoms with Crippen molar-refractivity contribution in [1.82, 2.24) is 0 Å². The molecule has 0 radical (unpaired) electrons. The molecule has 0 amide bonds. The molecule has 1 aromatic rings. The van der Waals surface area contributed by atoms with Crippen LogP contribution in [-0.4, -0.2) is 12.4 Å². The van der Waals surface area contributed by atoms with Crippen molar-refractivity contribution in [1.29, 1.82) is 0 Å². The van der Waals surface area contributed by atoms with Crippen molar-refractivity contribution in [2.24, 2.45) is 0 Å². The summed E-state index contributed by atoms with van der Waals surface area (Å²) in [5.41, 5.74) is 0.636. The minimum absolute atomic E-state index is 0.200. The standard InChI is InChI=1S/C9H10BrFO/c1-12-9-4-2-3-8(11)7(9)5-6-10/h2-4H,5-6H2,1H3. The molecule has 0 aliphatic heterocycles. The Labute approximate surface area is 79.7 Å². The van der Waals surface area contributed by atoms with Gasteiger partial charge >= 0.3 is 0 Å². The van der Waals surface area contributed by atoms with E-state index in [2.05, 4.69) is 15.9 Å². The van der Waals surface area contributed by atoms with Crippen LogP contribution in [0.15, 0.2) is 18.2 Å². The zero-order valence-electron chi connectivity index (χ0n) is 6.81. The lowest BCUT2D eigenvalue weighted by atomic mass is 10.1. The number of halogens is 2. The van der Waals surface area contributed by atoms with Crippen molar-refractivity contribution in [3.8, 4) is 5.75 Å². The Morgan fingerprint density at radius 1 is 1.50 bits per heavy atom. The van der Waals surface area contributed by atoms with Gasteiger partial charge in [-0.3, -0.25) is 0 Å². The molecule has 66 valence electrons. The summed E-state index contributed by atoms with van der Waals surface area (Å²) in [5, 5.41) is 0.740. The van der Waals surface area contributed by atoms with E-state index in [1.165, 1.54) is 6.07 Å². The van der Waals surface area contributed by atoms with Crippen molar-refractivity contribution >= 4 is 15.9 Å². The average molecular weight is 233 g/mol. The summed E-state index contributed by atoms with van der Waals surface area (Å²) in [5.74, 6) is 0.420. The fraction of sp³-hybridized carbons (Fsp3) is 0.333. The second-order valence-corrected chi connectivity index (χ2v) is 3.15. The lowest BCUT2D eigenvalue weighted by Crippen LogP contribution is -1.96. The Hall–Kier alpha value is -0.570. The second kappa shape index (κ2) is 4.45. The van der Waals surface area contributed by atoms with Gasteiger partial charge in [-0.05, 0) is 18.6 Å². The van der Waals surface area contributed by atoms with Crippen LogP contribution in [0.2, 0.25) is 0 Å². The van der Waals surface area contributed by atoms with Crippen LogP contribution in [0.5, 0.6) is 5.75 Å². The Balaban J connectivity index is 3.02. The summed E-state index contributed by atoms with van der Waals surface area (Å²) in [6.07, 6.45) is 0.649. The molecule has 1 aromatic carbocycles. The first-order valence-corrected chi connectivity index (χ1v) is 4.79. The van der Waals surface area contributed by atoms with E-state index in [1.54, 1.807) is 19.2 Å². The molecule has 1 rings (SSSR count). The molecule has 3 heteroatoms. The number of hydrogen-bond donors (Lipinski definition) is 0. The van der Waals surface area contributed by atoms with Crippen LogP contribution >= 0.6 is 15.9 Å². The van der Waals surface area contributed by atoms with E-state index in [4.69, 9.17) is 4.74 Å². The quantitative estimate of drug-likeness (QED) is 0.729. The maximum Gasteiger partial charge on any atom is 0.130 e. The highest BCUT2D eigenvalue weighted by molar-refractivity contribution is 9.09. The Morgan fingerprint density at radius 2 is 2.25 bits per heavy atom. The van der Waals surface area contributed by atoms with Crippen LogP contribution in [0.25, 0.3) is 0 Å². The number of ether oxygens (including phenoxy) is 1. The summed E-state index contributed by atoms with van der Waals surface area (Å²) >= 11 is 3.26. The van der Waals surface area contributed by atoms with Crippen molar-refractivity contribution in [2.75, 3.05) is 12.4 Å². The van der Waals surface area contributed by atoms with Crippen LogP contribution in [0, 0.1) is 5.82 Å². The van der Waals surface area contributed by atoms with Gasteiger partial charge < -0.3 is 4.74 Å². The second-order valence-electron chi connectivity index (χ2n) is 2.36. The van der Waals surface area contributed by atoms with Crippen molar-refractivity contribution < 1.29 is 9.13 Å². The van der Waals surface area contributed by atoms with Gasteiger partial charge in [0.25, 0.3) is 0 Å². The summed E-state index contributed by atoms with van der Waals surface area (Å²) < 4.78 is 18.1. The molecule has 0 spiro atoms. The highest BCUT2D eigenvalue weighted by Gasteiger charge is 2.06. The number of hydrogen-bond acceptors (Lipinski definition) is 1. The molecule has 0 saturated heterocycles. The molecule has 0 aliphatic rings. The van der Waals surface area contributed by atoms with Gasteiger partial charge in [0.15, 0.2) is 0 Å². The predicted molar refractivity (Wildman–Crippen MR) is 50.5 cm³/mol. The van der Waals surface area contributed by atoms with Crippen LogP contribution in [0.3, 0.4) is 0 Å². The zero-order valence-corrected chi connectivity index (χ0v) is 8.40. The molecule has 0 unspecified atom stereocenters. The lowest BCUT2D eigenvalue weighted by molar-refractivity contribution is 0.405. The average Bonchev–Trinajstić information content (AvgIpc) is 2.09. The maximum atomic E-state index is 13.1. The molecule has 0 fully saturated rings. The summed E-state index contributed by atoms with van der Waals surface area (Å²) in [7, 11) is 1.55. The van der Waals surface area contributed by atoms with E-state index < -0.39 is 0 Å². The van der Waals surface area contributed by atoms with Crippen LogP contribution in [0.4, 0.5) is 4.39 Å². The van der Waals surface area contributed by atoms with E-state index in [0.717, 1.165) is 5.33 Å². The lowest BCUT2D eigenvalue weighted by Gasteiger charge is -2.07. The van der Waals surface area contributed by atoms with E-state index in [9.17, 15) is 4.39 Å². The third-order valence-corrected chi connectivity index (χ3v) is 2.04. The fourth-order valence-electron chi connectivity index (χ4n) is 1.07. The predicted octanol–water partition coefficient (Wildman–Crippen LogP) is 2.77. The highest BCUT2D eigenvalue weighted by atomic mass is 79.9. The number of alkyl halides is 1. The summed E-state index contributed by atoms with van der Waals surface area (Å²) in [6, 6.07) is 4.85. The molecule has 0 atom stereocenters. The first-order chi connectivity index (χ1) is 5.79. The van der Waals surface area contributed by atoms with E-state index in [0.29, 0.717) is 17.7 Å². The van der Waals surface area contributed by atoms with Crippen LogP contribution in [0.1, 0.15) is 5.56 Å². The monoisotopic (exact) mass is 232 g/mol. The minimum Gasteiger partial charge on any atom is -0.496 e. The molecule has 0 heterocycles. The first kappa shape index (κ1) is 9.52. The van der Waals surface area contributed by atoms with Gasteiger partial charge in [-0.25, -0.2) is 4.39 Å². The van der Waals surface area contributed by atoms with Crippen LogP contribution < -0.4 is 4.74 Å². The molecule has 0 N–H and O–H groups in total. The van der Waals surface area contributed by atoms with E-state index >= 15 is 0 Å². The van der Waals surface area contributed by atoms with Gasteiger partial charge in [-0.1, -0.05) is 22.0 Å². The van der Waals surface area contributed by atoms with Crippen molar-refractivity contribution in [3.63, 3.8) is 0 Å². The minimum atomic E-state index is -0.200. The molecule has 0 bridgehead atoms. The molecule has 0 saturated carbocycles. The molecular weight excluding hydrogens is 223 g/mol. The summed E-state index contributed by atoms with van der Waals surface area (Å²) in [6.45, 7) is 0. The Morgan fingerprint density at radius 3 is 2.83 bits per heavy atom. The normalized spacial score (nSPS) is 9.92. The van der Waals surface area contributed by atoms with E-state index in [1.807, 2.05) is 0 Å². The first-order valence-electron chi connectivity index (χ1n) is 3.67.